The zero-order valence-electron chi connectivity index (χ0n) is 14.5. The van der Waals surface area contributed by atoms with Crippen molar-refractivity contribution in [1.29, 1.82) is 0 Å². The Hall–Kier alpha value is -1.98. The topological polar surface area (TPSA) is 65.9 Å². The molecule has 1 aromatic rings. The Bertz CT molecular complexity index is 542. The quantitative estimate of drug-likeness (QED) is 0.927. The molecule has 0 radical (unpaired) electrons. The average Bonchev–Trinajstić information content (AvgIpc) is 2.46. The second-order valence-electron chi connectivity index (χ2n) is 7.16. The summed E-state index contributed by atoms with van der Waals surface area (Å²) in [5.41, 5.74) is -0.472. The van der Waals surface area contributed by atoms with E-state index in [2.05, 4.69) is 4.98 Å². The summed E-state index contributed by atoms with van der Waals surface area (Å²) in [7, 11) is 1.91. The smallest absolute Gasteiger partial charge is 0.410 e. The van der Waals surface area contributed by atoms with Crippen molar-refractivity contribution in [3.8, 4) is 5.75 Å². The van der Waals surface area contributed by atoms with Crippen LogP contribution in [0.2, 0.25) is 0 Å². The molecule has 0 spiro atoms. The fourth-order valence-corrected chi connectivity index (χ4v) is 2.86. The number of carbonyl (C=O) groups excluding carboxylic acids is 1. The van der Waals surface area contributed by atoms with E-state index in [9.17, 15) is 9.90 Å². The molecule has 1 atom stereocenters. The van der Waals surface area contributed by atoms with Crippen LogP contribution in [0.15, 0.2) is 18.3 Å². The lowest BCUT2D eigenvalue weighted by atomic mass is 9.98. The minimum atomic E-state index is -0.472. The lowest BCUT2D eigenvalue weighted by molar-refractivity contribution is 0.0170. The predicted octanol–water partition coefficient (Wildman–Crippen LogP) is 2.87. The number of rotatable bonds is 3. The molecule has 1 aliphatic rings. The third-order valence-electron chi connectivity index (χ3n) is 3.83. The molecule has 1 aromatic heterocycles. The molecule has 6 nitrogen and oxygen atoms in total. The molecule has 1 N–H and O–H groups in total. The van der Waals surface area contributed by atoms with E-state index in [0.29, 0.717) is 18.3 Å². The highest BCUT2D eigenvalue weighted by atomic mass is 16.6. The van der Waals surface area contributed by atoms with Crippen molar-refractivity contribution in [3.05, 3.63) is 18.3 Å². The molecule has 1 fully saturated rings. The Morgan fingerprint density at radius 2 is 2.26 bits per heavy atom. The van der Waals surface area contributed by atoms with Crippen LogP contribution in [0, 0.1) is 5.92 Å². The molecule has 0 saturated carbocycles. The number of hydrogen-bond donors (Lipinski definition) is 1. The number of hydrogen-bond acceptors (Lipinski definition) is 5. The van der Waals surface area contributed by atoms with E-state index in [1.165, 1.54) is 0 Å². The number of carbonyl (C=O) groups is 1. The summed E-state index contributed by atoms with van der Waals surface area (Å²) in [5, 5.41) is 9.89. The van der Waals surface area contributed by atoms with Gasteiger partial charge in [-0.15, -0.1) is 0 Å². The van der Waals surface area contributed by atoms with Gasteiger partial charge in [-0.25, -0.2) is 9.78 Å². The van der Waals surface area contributed by atoms with Gasteiger partial charge >= 0.3 is 6.09 Å². The highest BCUT2D eigenvalue weighted by Gasteiger charge is 2.28. The number of ether oxygens (including phenoxy) is 1. The van der Waals surface area contributed by atoms with E-state index >= 15 is 0 Å². The van der Waals surface area contributed by atoms with Crippen LogP contribution in [0.1, 0.15) is 33.6 Å². The molecule has 23 heavy (non-hydrogen) atoms. The van der Waals surface area contributed by atoms with E-state index in [0.717, 1.165) is 25.9 Å². The fraction of sp³-hybridized carbons (Fsp3) is 0.647. The number of piperidine rings is 1. The van der Waals surface area contributed by atoms with Gasteiger partial charge in [0.05, 0.1) is 0 Å². The van der Waals surface area contributed by atoms with Crippen molar-refractivity contribution in [2.75, 3.05) is 31.6 Å². The first-order chi connectivity index (χ1) is 10.8. The first kappa shape index (κ1) is 17.4. The van der Waals surface area contributed by atoms with E-state index < -0.39 is 5.60 Å². The fourth-order valence-electron chi connectivity index (χ4n) is 2.86. The standard InChI is InChI=1S/C17H27N3O3/c1-17(2,3)23-16(22)20-10-6-7-13(12-20)11-19(4)15-14(21)8-5-9-18-15/h5,8-9,13,21H,6-7,10-12H2,1-4H3/t13-/m0/s1. The van der Waals surface area contributed by atoms with Gasteiger partial charge in [0.2, 0.25) is 0 Å². The highest BCUT2D eigenvalue weighted by molar-refractivity contribution is 5.68. The summed E-state index contributed by atoms with van der Waals surface area (Å²) < 4.78 is 5.46. The van der Waals surface area contributed by atoms with E-state index in [4.69, 9.17) is 4.74 Å². The number of pyridine rings is 1. The summed E-state index contributed by atoms with van der Waals surface area (Å²) in [6, 6.07) is 3.34. The van der Waals surface area contributed by atoms with Crippen LogP contribution in [0.5, 0.6) is 5.75 Å². The molecule has 0 unspecified atom stereocenters. The lowest BCUT2D eigenvalue weighted by Gasteiger charge is -2.35. The Morgan fingerprint density at radius 1 is 1.52 bits per heavy atom. The maximum absolute atomic E-state index is 12.2. The maximum atomic E-state index is 12.2. The Kier molecular flexibility index (Phi) is 5.34. The lowest BCUT2D eigenvalue weighted by Crippen LogP contribution is -2.45. The second kappa shape index (κ2) is 7.06. The number of aromatic nitrogens is 1. The minimum absolute atomic E-state index is 0.176. The van der Waals surface area contributed by atoms with Crippen molar-refractivity contribution in [3.63, 3.8) is 0 Å². The highest BCUT2D eigenvalue weighted by Crippen LogP contribution is 2.25. The SMILES string of the molecule is CN(C[C@@H]1CCCN(C(=O)OC(C)(C)C)C1)c1ncccc1O. The molecule has 1 aliphatic heterocycles. The molecule has 6 heteroatoms. The number of likely N-dealkylation sites (tertiary alicyclic amines) is 1. The summed E-state index contributed by atoms with van der Waals surface area (Å²) in [4.78, 5) is 20.2. The van der Waals surface area contributed by atoms with Crippen LogP contribution in [0.3, 0.4) is 0 Å². The molecular weight excluding hydrogens is 294 g/mol. The van der Waals surface area contributed by atoms with Gasteiger partial charge < -0.3 is 19.6 Å². The molecule has 1 amide bonds. The van der Waals surface area contributed by atoms with Gasteiger partial charge in [0.15, 0.2) is 11.6 Å². The predicted molar refractivity (Wildman–Crippen MR) is 89.7 cm³/mol. The number of nitrogens with zero attached hydrogens (tertiary/aromatic N) is 3. The van der Waals surface area contributed by atoms with Gasteiger partial charge in [0.25, 0.3) is 0 Å². The van der Waals surface area contributed by atoms with Crippen molar-refractivity contribution in [2.24, 2.45) is 5.92 Å². The van der Waals surface area contributed by atoms with Gasteiger partial charge in [0, 0.05) is 32.9 Å². The van der Waals surface area contributed by atoms with Gasteiger partial charge in [-0.05, 0) is 51.7 Å². The van der Waals surface area contributed by atoms with Crippen molar-refractivity contribution in [2.45, 2.75) is 39.2 Å². The number of anilines is 1. The molecule has 2 rings (SSSR count). The van der Waals surface area contributed by atoms with Gasteiger partial charge in [-0.3, -0.25) is 0 Å². The molecule has 0 bridgehead atoms. The van der Waals surface area contributed by atoms with Crippen LogP contribution in [-0.2, 0) is 4.74 Å². The Balaban J connectivity index is 1.94. The third kappa shape index (κ3) is 5.01. The van der Waals surface area contributed by atoms with Crippen molar-refractivity contribution < 1.29 is 14.6 Å². The normalized spacial score (nSPS) is 18.6. The number of aromatic hydroxyl groups is 1. The molecule has 1 saturated heterocycles. The zero-order chi connectivity index (χ0) is 17.0. The van der Waals surface area contributed by atoms with Gasteiger partial charge in [-0.1, -0.05) is 0 Å². The average molecular weight is 321 g/mol. The summed E-state index contributed by atoms with van der Waals surface area (Å²) in [5.74, 6) is 1.08. The number of amides is 1. The minimum Gasteiger partial charge on any atom is -0.504 e. The molecule has 0 aliphatic carbocycles. The van der Waals surface area contributed by atoms with Crippen LogP contribution in [0.4, 0.5) is 10.6 Å². The zero-order valence-corrected chi connectivity index (χ0v) is 14.5. The first-order valence-corrected chi connectivity index (χ1v) is 8.09. The van der Waals surface area contributed by atoms with Gasteiger partial charge in [0.1, 0.15) is 5.60 Å². The second-order valence-corrected chi connectivity index (χ2v) is 7.16. The van der Waals surface area contributed by atoms with E-state index in [1.54, 1.807) is 23.2 Å². The molecule has 128 valence electrons. The summed E-state index contributed by atoms with van der Waals surface area (Å²) >= 11 is 0. The summed E-state index contributed by atoms with van der Waals surface area (Å²) in [6.45, 7) is 7.79. The van der Waals surface area contributed by atoms with Crippen LogP contribution in [-0.4, -0.2) is 53.4 Å². The molecule has 0 aromatic carbocycles. The molecule has 2 heterocycles. The van der Waals surface area contributed by atoms with E-state index in [-0.39, 0.29) is 11.8 Å². The largest absolute Gasteiger partial charge is 0.504 e. The maximum Gasteiger partial charge on any atom is 0.410 e. The van der Waals surface area contributed by atoms with E-state index in [1.807, 2.05) is 32.7 Å². The Morgan fingerprint density at radius 3 is 2.91 bits per heavy atom. The van der Waals surface area contributed by atoms with Crippen molar-refractivity contribution in [1.82, 2.24) is 9.88 Å². The summed E-state index contributed by atoms with van der Waals surface area (Å²) in [6.07, 6.45) is 3.44. The first-order valence-electron chi connectivity index (χ1n) is 8.09. The molecular formula is C17H27N3O3. The van der Waals surface area contributed by atoms with Crippen LogP contribution < -0.4 is 4.90 Å². The monoisotopic (exact) mass is 321 g/mol. The van der Waals surface area contributed by atoms with Crippen LogP contribution >= 0.6 is 0 Å². The van der Waals surface area contributed by atoms with Gasteiger partial charge in [-0.2, -0.15) is 0 Å². The third-order valence-corrected chi connectivity index (χ3v) is 3.83. The van der Waals surface area contributed by atoms with Crippen LogP contribution in [0.25, 0.3) is 0 Å². The Labute approximate surface area is 138 Å². The van der Waals surface area contributed by atoms with Crippen molar-refractivity contribution >= 4 is 11.9 Å².